The highest BCUT2D eigenvalue weighted by Gasteiger charge is 2.10. The van der Waals surface area contributed by atoms with E-state index in [1.165, 1.54) is 11.4 Å². The quantitative estimate of drug-likeness (QED) is 0.865. The van der Waals surface area contributed by atoms with Crippen LogP contribution < -0.4 is 10.9 Å². The monoisotopic (exact) mass is 249 g/mol. The summed E-state index contributed by atoms with van der Waals surface area (Å²) in [4.78, 5) is 23.1. The lowest BCUT2D eigenvalue weighted by molar-refractivity contribution is -0.119. The average molecular weight is 249 g/mol. The lowest BCUT2D eigenvalue weighted by atomic mass is 10.1. The van der Waals surface area contributed by atoms with Gasteiger partial charge in [0, 0.05) is 25.2 Å². The van der Waals surface area contributed by atoms with Gasteiger partial charge in [-0.25, -0.2) is 4.52 Å². The van der Waals surface area contributed by atoms with E-state index < -0.39 is 0 Å². The summed E-state index contributed by atoms with van der Waals surface area (Å²) in [6.45, 7) is 3.71. The molecule has 0 unspecified atom stereocenters. The fourth-order valence-electron chi connectivity index (χ4n) is 1.89. The molecule has 2 aromatic heterocycles. The number of hydrogen-bond acceptors (Lipinski definition) is 2. The fourth-order valence-corrected chi connectivity index (χ4v) is 1.89. The van der Waals surface area contributed by atoms with Crippen LogP contribution in [0, 0.1) is 0 Å². The maximum Gasteiger partial charge on any atom is 0.274 e. The molecular formula is C13H19N3O2. The molecule has 5 nitrogen and oxygen atoms in total. The molecule has 2 rings (SSSR count). The van der Waals surface area contributed by atoms with Crippen LogP contribution in [0.1, 0.15) is 32.4 Å². The van der Waals surface area contributed by atoms with Gasteiger partial charge in [0.25, 0.3) is 5.56 Å². The van der Waals surface area contributed by atoms with Gasteiger partial charge in [-0.1, -0.05) is 14.4 Å². The van der Waals surface area contributed by atoms with Crippen LogP contribution in [0.5, 0.6) is 0 Å². The van der Waals surface area contributed by atoms with E-state index in [-0.39, 0.29) is 25.4 Å². The molecule has 2 aromatic rings. The van der Waals surface area contributed by atoms with E-state index >= 15 is 0 Å². The Balaban J connectivity index is 0.00000162. The number of aryl methyl sites for hydroxylation is 1. The minimum absolute atomic E-state index is 0. The van der Waals surface area contributed by atoms with Crippen LogP contribution in [0.25, 0.3) is 5.52 Å². The van der Waals surface area contributed by atoms with Crippen molar-refractivity contribution < 1.29 is 4.79 Å². The molecule has 0 aliphatic rings. The first kappa shape index (κ1) is 14.0. The van der Waals surface area contributed by atoms with Crippen LogP contribution in [0.2, 0.25) is 0 Å². The zero-order valence-corrected chi connectivity index (χ0v) is 9.91. The molecule has 0 saturated heterocycles. The second-order valence-corrected chi connectivity index (χ2v) is 3.94. The fraction of sp³-hybridized carbons (Fsp3) is 0.385. The van der Waals surface area contributed by atoms with Crippen molar-refractivity contribution >= 4 is 11.4 Å². The molecule has 0 saturated carbocycles. The molecular weight excluding hydrogens is 230 g/mol. The van der Waals surface area contributed by atoms with Crippen LogP contribution in [0.15, 0.2) is 23.1 Å². The molecule has 2 N–H and O–H groups in total. The van der Waals surface area contributed by atoms with Gasteiger partial charge < -0.3 is 5.32 Å². The molecule has 0 atom stereocenters. The van der Waals surface area contributed by atoms with Gasteiger partial charge in [0.2, 0.25) is 5.91 Å². The van der Waals surface area contributed by atoms with Crippen molar-refractivity contribution in [2.75, 3.05) is 0 Å². The highest BCUT2D eigenvalue weighted by atomic mass is 16.1. The van der Waals surface area contributed by atoms with E-state index in [1.807, 2.05) is 19.1 Å². The summed E-state index contributed by atoms with van der Waals surface area (Å²) >= 11 is 0. The van der Waals surface area contributed by atoms with Crippen molar-refractivity contribution in [2.45, 2.75) is 34.2 Å². The summed E-state index contributed by atoms with van der Waals surface area (Å²) in [5.74, 6) is -0.136. The van der Waals surface area contributed by atoms with Crippen molar-refractivity contribution in [3.8, 4) is 0 Å². The first-order valence-corrected chi connectivity index (χ1v) is 5.58. The van der Waals surface area contributed by atoms with Crippen molar-refractivity contribution in [2.24, 2.45) is 0 Å². The highest BCUT2D eigenvalue weighted by molar-refractivity contribution is 5.72. The molecule has 0 fully saturated rings. The lowest BCUT2D eigenvalue weighted by Crippen LogP contribution is -2.28. The van der Waals surface area contributed by atoms with Gasteiger partial charge in [-0.05, 0) is 24.1 Å². The van der Waals surface area contributed by atoms with Gasteiger partial charge in [-0.15, -0.1) is 0 Å². The zero-order chi connectivity index (χ0) is 12.4. The van der Waals surface area contributed by atoms with Gasteiger partial charge in [0.05, 0.1) is 5.52 Å². The maximum absolute atomic E-state index is 12.2. The topological polar surface area (TPSA) is 66.4 Å². The number of rotatable bonds is 3. The number of nitrogens with zero attached hydrogens (tertiary/aromatic N) is 1. The lowest BCUT2D eigenvalue weighted by Gasteiger charge is -2.08. The highest BCUT2D eigenvalue weighted by Crippen LogP contribution is 2.09. The van der Waals surface area contributed by atoms with Crippen LogP contribution in [-0.2, 0) is 17.8 Å². The minimum Gasteiger partial charge on any atom is -0.352 e. The van der Waals surface area contributed by atoms with Crippen molar-refractivity contribution in [3.63, 3.8) is 0 Å². The molecule has 0 spiro atoms. The molecule has 0 bridgehead atoms. The predicted molar refractivity (Wildman–Crippen MR) is 71.6 cm³/mol. The molecule has 0 radical (unpaired) electrons. The number of aromatic amines is 1. The Kier molecular flexibility index (Phi) is 4.31. The summed E-state index contributed by atoms with van der Waals surface area (Å²) in [7, 11) is 0. The molecule has 98 valence electrons. The summed E-state index contributed by atoms with van der Waals surface area (Å²) in [6.07, 6.45) is 2.49. The molecule has 5 heteroatoms. The Morgan fingerprint density at radius 3 is 2.83 bits per heavy atom. The van der Waals surface area contributed by atoms with E-state index in [1.54, 1.807) is 6.20 Å². The molecule has 2 heterocycles. The number of nitrogens with one attached hydrogen (secondary N) is 2. The molecule has 0 aliphatic carbocycles. The third-order valence-corrected chi connectivity index (χ3v) is 2.78. The van der Waals surface area contributed by atoms with Crippen molar-refractivity contribution in [3.05, 3.63) is 39.8 Å². The Morgan fingerprint density at radius 2 is 2.22 bits per heavy atom. The van der Waals surface area contributed by atoms with Gasteiger partial charge >= 0.3 is 0 Å². The van der Waals surface area contributed by atoms with Crippen LogP contribution in [0.3, 0.4) is 0 Å². The van der Waals surface area contributed by atoms with Gasteiger partial charge in [-0.3, -0.25) is 14.7 Å². The summed E-state index contributed by atoms with van der Waals surface area (Å²) < 4.78 is 1.48. The Bertz CT molecular complexity index is 610. The number of pyridine rings is 1. The molecule has 0 aliphatic heterocycles. The van der Waals surface area contributed by atoms with Crippen LogP contribution in [-0.4, -0.2) is 15.5 Å². The number of H-pyrrole nitrogens is 1. The zero-order valence-electron chi connectivity index (χ0n) is 9.91. The third kappa shape index (κ3) is 2.45. The van der Waals surface area contributed by atoms with Crippen molar-refractivity contribution in [1.29, 1.82) is 0 Å². The number of hydrogen-bond donors (Lipinski definition) is 2. The normalized spacial score (nSPS) is 10.1. The van der Waals surface area contributed by atoms with E-state index in [0.717, 1.165) is 17.5 Å². The number of fused-ring (bicyclic) bond motifs is 1. The number of carbonyl (C=O) groups is 1. The maximum atomic E-state index is 12.2. The molecule has 18 heavy (non-hydrogen) atoms. The number of aromatic nitrogens is 2. The summed E-state index contributed by atoms with van der Waals surface area (Å²) in [6, 6.07) is 3.82. The van der Waals surface area contributed by atoms with E-state index in [4.69, 9.17) is 0 Å². The summed E-state index contributed by atoms with van der Waals surface area (Å²) in [5.41, 5.74) is 2.36. The van der Waals surface area contributed by atoms with Gasteiger partial charge in [0.1, 0.15) is 0 Å². The number of carbonyl (C=O) groups excluding carboxylic acids is 1. The van der Waals surface area contributed by atoms with Crippen molar-refractivity contribution in [1.82, 2.24) is 14.9 Å². The largest absolute Gasteiger partial charge is 0.352 e. The third-order valence-electron chi connectivity index (χ3n) is 2.78. The first-order valence-electron chi connectivity index (χ1n) is 5.58. The summed E-state index contributed by atoms with van der Waals surface area (Å²) in [5, 5.41) is 5.53. The van der Waals surface area contributed by atoms with Gasteiger partial charge in [0.15, 0.2) is 0 Å². The van der Waals surface area contributed by atoms with Crippen LogP contribution in [0.4, 0.5) is 0 Å². The Labute approximate surface area is 106 Å². The smallest absolute Gasteiger partial charge is 0.274 e. The molecule has 0 aromatic carbocycles. The second kappa shape index (κ2) is 5.53. The molecule has 1 amide bonds. The first-order chi connectivity index (χ1) is 8.13. The standard InChI is InChI=1S/C12H15N3O2.CH4/c1-3-9-6-10-4-5-14-15(10)12(17)11(9)7-13-8(2)16;/h4-6,14H,3,7H2,1-2H3,(H,13,16);1H4. The minimum atomic E-state index is -0.136. The van der Waals surface area contributed by atoms with Gasteiger partial charge in [-0.2, -0.15) is 0 Å². The van der Waals surface area contributed by atoms with E-state index in [0.29, 0.717) is 5.56 Å². The van der Waals surface area contributed by atoms with E-state index in [2.05, 4.69) is 10.4 Å². The number of amides is 1. The Morgan fingerprint density at radius 1 is 1.50 bits per heavy atom. The van der Waals surface area contributed by atoms with Crippen LogP contribution >= 0.6 is 0 Å². The van der Waals surface area contributed by atoms with E-state index in [9.17, 15) is 9.59 Å². The second-order valence-electron chi connectivity index (χ2n) is 3.94. The SMILES string of the molecule is C.CCc1cc2cc[nH]n2c(=O)c1CNC(C)=O. The Hall–Kier alpha value is -2.04. The average Bonchev–Trinajstić information content (AvgIpc) is 2.75. The predicted octanol–water partition coefficient (Wildman–Crippen LogP) is 1.46.